The van der Waals surface area contributed by atoms with E-state index in [1.54, 1.807) is 12.1 Å². The SMILES string of the molecule is OCc1ccc(Oc2nc(C(F)(F)F)ns2)cc1. The normalized spacial score (nSPS) is 11.6. The van der Waals surface area contributed by atoms with Gasteiger partial charge in [0.1, 0.15) is 5.75 Å². The number of benzene rings is 1. The highest BCUT2D eigenvalue weighted by atomic mass is 32.1. The molecule has 18 heavy (non-hydrogen) atoms. The lowest BCUT2D eigenvalue weighted by atomic mass is 10.2. The first-order chi connectivity index (χ1) is 8.49. The lowest BCUT2D eigenvalue weighted by Crippen LogP contribution is -2.06. The summed E-state index contributed by atoms with van der Waals surface area (Å²) >= 11 is 0.528. The van der Waals surface area contributed by atoms with Crippen LogP contribution in [0, 0.1) is 0 Å². The number of rotatable bonds is 3. The van der Waals surface area contributed by atoms with Crippen molar-refractivity contribution in [3.05, 3.63) is 35.7 Å². The van der Waals surface area contributed by atoms with E-state index in [4.69, 9.17) is 9.84 Å². The first kappa shape index (κ1) is 12.8. The van der Waals surface area contributed by atoms with Crippen LogP contribution in [0.25, 0.3) is 0 Å². The lowest BCUT2D eigenvalue weighted by molar-refractivity contribution is -0.144. The molecule has 1 aromatic heterocycles. The third-order valence-corrected chi connectivity index (χ3v) is 2.57. The first-order valence-corrected chi connectivity index (χ1v) is 5.55. The van der Waals surface area contributed by atoms with Crippen LogP contribution in [0.4, 0.5) is 13.2 Å². The van der Waals surface area contributed by atoms with Crippen molar-refractivity contribution in [3.8, 4) is 10.9 Å². The van der Waals surface area contributed by atoms with Gasteiger partial charge in [0.25, 0.3) is 11.0 Å². The molecular weight excluding hydrogens is 269 g/mol. The predicted octanol–water partition coefficient (Wildman–Crippen LogP) is 2.84. The van der Waals surface area contributed by atoms with Crippen molar-refractivity contribution >= 4 is 11.5 Å². The monoisotopic (exact) mass is 276 g/mol. The van der Waals surface area contributed by atoms with Gasteiger partial charge in [-0.25, -0.2) is 0 Å². The van der Waals surface area contributed by atoms with Crippen LogP contribution in [0.15, 0.2) is 24.3 Å². The molecule has 2 aromatic rings. The van der Waals surface area contributed by atoms with Gasteiger partial charge in [0.2, 0.25) is 0 Å². The second kappa shape index (κ2) is 4.91. The van der Waals surface area contributed by atoms with Gasteiger partial charge in [-0.1, -0.05) is 12.1 Å². The fourth-order valence-corrected chi connectivity index (χ4v) is 1.70. The highest BCUT2D eigenvalue weighted by Gasteiger charge is 2.36. The molecule has 0 aliphatic heterocycles. The largest absolute Gasteiger partial charge is 0.452 e. The van der Waals surface area contributed by atoms with Crippen LogP contribution in [0.1, 0.15) is 11.4 Å². The van der Waals surface area contributed by atoms with Crippen LogP contribution < -0.4 is 4.74 Å². The molecule has 8 heteroatoms. The molecule has 1 heterocycles. The van der Waals surface area contributed by atoms with Gasteiger partial charge in [-0.15, -0.1) is 0 Å². The number of aromatic nitrogens is 2. The van der Waals surface area contributed by atoms with E-state index in [9.17, 15) is 13.2 Å². The molecule has 4 nitrogen and oxygen atoms in total. The van der Waals surface area contributed by atoms with Crippen LogP contribution in [0.2, 0.25) is 0 Å². The number of aliphatic hydroxyl groups excluding tert-OH is 1. The minimum absolute atomic E-state index is 0.114. The third kappa shape index (κ3) is 2.96. The van der Waals surface area contributed by atoms with Gasteiger partial charge in [0.15, 0.2) is 0 Å². The number of aliphatic hydroxyl groups is 1. The second-order valence-electron chi connectivity index (χ2n) is 3.29. The summed E-state index contributed by atoms with van der Waals surface area (Å²) in [4.78, 5) is 3.23. The molecule has 0 atom stereocenters. The van der Waals surface area contributed by atoms with E-state index in [1.807, 2.05) is 0 Å². The number of alkyl halides is 3. The smallest absolute Gasteiger partial charge is 0.430 e. The highest BCUT2D eigenvalue weighted by molar-refractivity contribution is 7.07. The van der Waals surface area contributed by atoms with Gasteiger partial charge >= 0.3 is 6.18 Å². The summed E-state index contributed by atoms with van der Waals surface area (Å²) in [6.07, 6.45) is -4.57. The summed E-state index contributed by atoms with van der Waals surface area (Å²) in [7, 11) is 0. The van der Waals surface area contributed by atoms with Gasteiger partial charge in [-0.2, -0.15) is 22.5 Å². The highest BCUT2D eigenvalue weighted by Crippen LogP contribution is 2.31. The molecule has 1 N–H and O–H groups in total. The lowest BCUT2D eigenvalue weighted by Gasteiger charge is -2.02. The molecule has 0 spiro atoms. The Balaban J connectivity index is 2.11. The van der Waals surface area contributed by atoms with Gasteiger partial charge in [0, 0.05) is 11.5 Å². The van der Waals surface area contributed by atoms with Crippen molar-refractivity contribution in [2.45, 2.75) is 12.8 Å². The summed E-state index contributed by atoms with van der Waals surface area (Å²) in [5, 5.41) is 8.64. The number of ether oxygens (including phenoxy) is 1. The quantitative estimate of drug-likeness (QED) is 0.936. The van der Waals surface area contributed by atoms with E-state index in [0.29, 0.717) is 22.8 Å². The van der Waals surface area contributed by atoms with E-state index in [-0.39, 0.29) is 11.8 Å². The van der Waals surface area contributed by atoms with Crippen LogP contribution in [0.3, 0.4) is 0 Å². The van der Waals surface area contributed by atoms with Crippen molar-refractivity contribution in [2.24, 2.45) is 0 Å². The molecule has 0 unspecified atom stereocenters. The molecule has 96 valence electrons. The fourth-order valence-electron chi connectivity index (χ4n) is 1.13. The van der Waals surface area contributed by atoms with Crippen LogP contribution in [-0.4, -0.2) is 14.5 Å². The van der Waals surface area contributed by atoms with E-state index in [1.165, 1.54) is 12.1 Å². The van der Waals surface area contributed by atoms with Crippen LogP contribution in [-0.2, 0) is 12.8 Å². The third-order valence-electron chi connectivity index (χ3n) is 1.97. The van der Waals surface area contributed by atoms with Gasteiger partial charge in [0.05, 0.1) is 6.61 Å². The Labute approximate surface area is 104 Å². The molecular formula is C10H7F3N2O2S. The number of hydrogen-bond donors (Lipinski definition) is 1. The topological polar surface area (TPSA) is 55.2 Å². The fraction of sp³-hybridized carbons (Fsp3) is 0.200. The standard InChI is InChI=1S/C10H7F3N2O2S/c11-10(12,13)8-14-9(18-15-8)17-7-3-1-6(5-16)2-4-7/h1-4,16H,5H2. The zero-order valence-electron chi connectivity index (χ0n) is 8.81. The molecule has 0 aliphatic carbocycles. The van der Waals surface area contributed by atoms with Crippen molar-refractivity contribution in [1.82, 2.24) is 9.36 Å². The molecule has 0 saturated heterocycles. The molecule has 0 bridgehead atoms. The molecule has 1 aromatic carbocycles. The zero-order valence-corrected chi connectivity index (χ0v) is 9.63. The van der Waals surface area contributed by atoms with Gasteiger partial charge < -0.3 is 9.84 Å². The Morgan fingerprint density at radius 3 is 2.39 bits per heavy atom. The maximum atomic E-state index is 12.2. The van der Waals surface area contributed by atoms with Crippen molar-refractivity contribution in [1.29, 1.82) is 0 Å². The van der Waals surface area contributed by atoms with Gasteiger partial charge in [-0.05, 0) is 17.7 Å². The molecule has 0 radical (unpaired) electrons. The Hall–Kier alpha value is -1.67. The molecule has 0 aliphatic rings. The molecule has 0 amide bonds. The number of nitrogens with zero attached hydrogens (tertiary/aromatic N) is 2. The van der Waals surface area contributed by atoms with Crippen molar-refractivity contribution in [3.63, 3.8) is 0 Å². The molecule has 2 rings (SSSR count). The Bertz CT molecular complexity index is 525. The van der Waals surface area contributed by atoms with E-state index in [0.717, 1.165) is 0 Å². The Morgan fingerprint density at radius 2 is 1.89 bits per heavy atom. The minimum Gasteiger partial charge on any atom is -0.430 e. The Kier molecular flexibility index (Phi) is 3.48. The summed E-state index contributed by atoms with van der Waals surface area (Å²) in [6.45, 7) is -0.114. The average molecular weight is 276 g/mol. The van der Waals surface area contributed by atoms with Crippen molar-refractivity contribution < 1.29 is 23.0 Å². The average Bonchev–Trinajstić information content (AvgIpc) is 2.78. The summed E-state index contributed by atoms with van der Waals surface area (Å²) in [5.41, 5.74) is 0.676. The van der Waals surface area contributed by atoms with E-state index >= 15 is 0 Å². The summed E-state index contributed by atoms with van der Waals surface area (Å²) < 4.78 is 45.0. The first-order valence-electron chi connectivity index (χ1n) is 4.77. The van der Waals surface area contributed by atoms with E-state index in [2.05, 4.69) is 9.36 Å². The number of hydrogen-bond acceptors (Lipinski definition) is 5. The maximum Gasteiger partial charge on any atom is 0.452 e. The van der Waals surface area contributed by atoms with Crippen LogP contribution in [0.5, 0.6) is 10.9 Å². The molecule has 0 fully saturated rings. The minimum atomic E-state index is -4.57. The van der Waals surface area contributed by atoms with E-state index < -0.39 is 12.0 Å². The number of halogens is 3. The zero-order chi connectivity index (χ0) is 13.2. The maximum absolute atomic E-state index is 12.2. The summed E-state index contributed by atoms with van der Waals surface area (Å²) in [5.74, 6) is -0.883. The van der Waals surface area contributed by atoms with Crippen molar-refractivity contribution in [2.75, 3.05) is 0 Å². The van der Waals surface area contributed by atoms with Crippen LogP contribution >= 0.6 is 11.5 Å². The molecule has 0 saturated carbocycles. The summed E-state index contributed by atoms with van der Waals surface area (Å²) in [6, 6.07) is 6.25. The second-order valence-corrected chi connectivity index (χ2v) is 4.00. The Morgan fingerprint density at radius 1 is 1.22 bits per heavy atom. The predicted molar refractivity (Wildman–Crippen MR) is 57.3 cm³/mol. The van der Waals surface area contributed by atoms with Gasteiger partial charge in [-0.3, -0.25) is 0 Å².